The van der Waals surface area contributed by atoms with Crippen molar-refractivity contribution in [2.75, 3.05) is 30.5 Å². The molecule has 0 saturated carbocycles. The van der Waals surface area contributed by atoms with Gasteiger partial charge >= 0.3 is 0 Å². The average Bonchev–Trinajstić information content (AvgIpc) is 3.40. The highest BCUT2D eigenvalue weighted by atomic mass is 32.2. The van der Waals surface area contributed by atoms with Crippen molar-refractivity contribution >= 4 is 15.7 Å². The summed E-state index contributed by atoms with van der Waals surface area (Å²) in [6.07, 6.45) is 3.71. The molecule has 0 bridgehead atoms. The number of hydrogen-bond donors (Lipinski definition) is 0. The van der Waals surface area contributed by atoms with E-state index in [1.807, 2.05) is 38.1 Å². The van der Waals surface area contributed by atoms with E-state index in [-0.39, 0.29) is 30.8 Å². The number of hydrogen-bond acceptors (Lipinski definition) is 10. The fourth-order valence-corrected chi connectivity index (χ4v) is 5.23. The molecule has 1 aliphatic heterocycles. The van der Waals surface area contributed by atoms with Crippen LogP contribution in [0.4, 0.5) is 5.82 Å². The minimum absolute atomic E-state index is 0.0458. The van der Waals surface area contributed by atoms with Crippen molar-refractivity contribution in [3.63, 3.8) is 0 Å². The number of aryl methyl sites for hydroxylation is 1. The summed E-state index contributed by atoms with van der Waals surface area (Å²) in [5.41, 5.74) is 0.749. The van der Waals surface area contributed by atoms with Crippen molar-refractivity contribution in [1.82, 2.24) is 29.9 Å². The van der Waals surface area contributed by atoms with Crippen LogP contribution >= 0.6 is 0 Å². The molecule has 1 saturated heterocycles. The molecule has 1 fully saturated rings. The third-order valence-electron chi connectivity index (χ3n) is 5.23. The predicted molar refractivity (Wildman–Crippen MR) is 117 cm³/mol. The molecule has 4 heterocycles. The Morgan fingerprint density at radius 3 is 2.75 bits per heavy atom. The molecule has 32 heavy (non-hydrogen) atoms. The van der Waals surface area contributed by atoms with Crippen LogP contribution in [-0.2, 0) is 34.2 Å². The van der Waals surface area contributed by atoms with E-state index in [9.17, 15) is 8.42 Å². The Kier molecular flexibility index (Phi) is 6.51. The van der Waals surface area contributed by atoms with Gasteiger partial charge in [0.15, 0.2) is 27.3 Å². The molecule has 11 nitrogen and oxygen atoms in total. The lowest BCUT2D eigenvalue weighted by molar-refractivity contribution is 0.0768. The zero-order valence-corrected chi connectivity index (χ0v) is 19.2. The van der Waals surface area contributed by atoms with Crippen LogP contribution in [-0.4, -0.2) is 63.9 Å². The van der Waals surface area contributed by atoms with Gasteiger partial charge in [-0.1, -0.05) is 12.1 Å². The minimum Gasteiger partial charge on any atom is -0.364 e. The maximum absolute atomic E-state index is 12.2. The Labute approximate surface area is 186 Å². The average molecular weight is 462 g/mol. The van der Waals surface area contributed by atoms with E-state index in [1.54, 1.807) is 10.9 Å². The fourth-order valence-electron chi connectivity index (χ4n) is 3.57. The zero-order chi connectivity index (χ0) is 22.7. The van der Waals surface area contributed by atoms with Crippen LogP contribution in [0.15, 0.2) is 22.9 Å². The zero-order valence-electron chi connectivity index (χ0n) is 18.4. The molecule has 0 radical (unpaired) electrons. The van der Waals surface area contributed by atoms with E-state index in [4.69, 9.17) is 9.26 Å². The third kappa shape index (κ3) is 5.13. The van der Waals surface area contributed by atoms with E-state index >= 15 is 0 Å². The summed E-state index contributed by atoms with van der Waals surface area (Å²) in [6, 6.07) is 3.50. The SMILES string of the molecule is CCc1noc(COCc2nc(-c3ccc(N(C)C)nc3)nn2C2CCCS(=O)(=O)C2)n1. The number of sulfone groups is 1. The second-order valence-corrected chi connectivity index (χ2v) is 10.2. The van der Waals surface area contributed by atoms with E-state index < -0.39 is 9.84 Å². The lowest BCUT2D eigenvalue weighted by Gasteiger charge is -2.23. The molecule has 1 aliphatic rings. The maximum Gasteiger partial charge on any atom is 0.252 e. The van der Waals surface area contributed by atoms with Gasteiger partial charge < -0.3 is 14.2 Å². The molecular weight excluding hydrogens is 434 g/mol. The summed E-state index contributed by atoms with van der Waals surface area (Å²) in [6.45, 7) is 2.21. The van der Waals surface area contributed by atoms with Crippen LogP contribution in [0.3, 0.4) is 0 Å². The second-order valence-electron chi connectivity index (χ2n) is 7.96. The number of aromatic nitrogens is 6. The van der Waals surface area contributed by atoms with Crippen molar-refractivity contribution in [2.45, 2.75) is 45.4 Å². The summed E-state index contributed by atoms with van der Waals surface area (Å²) >= 11 is 0. The van der Waals surface area contributed by atoms with Crippen LogP contribution < -0.4 is 4.90 Å². The first-order chi connectivity index (χ1) is 15.3. The van der Waals surface area contributed by atoms with Crippen molar-refractivity contribution < 1.29 is 17.7 Å². The second kappa shape index (κ2) is 9.33. The van der Waals surface area contributed by atoms with Gasteiger partial charge in [-0.15, -0.1) is 0 Å². The molecule has 0 aromatic carbocycles. The largest absolute Gasteiger partial charge is 0.364 e. The lowest BCUT2D eigenvalue weighted by Crippen LogP contribution is -2.29. The van der Waals surface area contributed by atoms with E-state index in [0.29, 0.717) is 36.2 Å². The Morgan fingerprint density at radius 2 is 2.09 bits per heavy atom. The first-order valence-corrected chi connectivity index (χ1v) is 12.4. The third-order valence-corrected chi connectivity index (χ3v) is 7.04. The highest BCUT2D eigenvalue weighted by molar-refractivity contribution is 7.91. The molecule has 12 heteroatoms. The molecule has 172 valence electrons. The van der Waals surface area contributed by atoms with E-state index in [1.165, 1.54) is 0 Å². The molecule has 0 N–H and O–H groups in total. The summed E-state index contributed by atoms with van der Waals surface area (Å²) in [5.74, 6) is 3.12. The first-order valence-electron chi connectivity index (χ1n) is 10.5. The number of nitrogens with zero attached hydrogens (tertiary/aromatic N) is 7. The number of anilines is 1. The Morgan fingerprint density at radius 1 is 1.25 bits per heavy atom. The first kappa shape index (κ1) is 22.3. The number of ether oxygens (including phenoxy) is 1. The molecule has 0 amide bonds. The van der Waals surface area contributed by atoms with E-state index in [2.05, 4.69) is 25.2 Å². The van der Waals surface area contributed by atoms with Gasteiger partial charge in [-0.05, 0) is 25.0 Å². The van der Waals surface area contributed by atoms with Gasteiger partial charge in [-0.25, -0.2) is 23.1 Å². The van der Waals surface area contributed by atoms with Crippen LogP contribution in [0, 0.1) is 0 Å². The molecule has 0 spiro atoms. The van der Waals surface area contributed by atoms with Gasteiger partial charge in [0.1, 0.15) is 19.0 Å². The smallest absolute Gasteiger partial charge is 0.252 e. The van der Waals surface area contributed by atoms with Crippen LogP contribution in [0.2, 0.25) is 0 Å². The minimum atomic E-state index is -3.11. The van der Waals surface area contributed by atoms with Crippen LogP contribution in [0.5, 0.6) is 0 Å². The summed E-state index contributed by atoms with van der Waals surface area (Å²) in [4.78, 5) is 15.2. The van der Waals surface area contributed by atoms with E-state index in [0.717, 1.165) is 17.8 Å². The Balaban J connectivity index is 1.57. The summed E-state index contributed by atoms with van der Waals surface area (Å²) in [5, 5.41) is 8.50. The Bertz CT molecular complexity index is 1160. The highest BCUT2D eigenvalue weighted by Crippen LogP contribution is 2.26. The Hall–Kier alpha value is -2.86. The molecule has 3 aromatic heterocycles. The summed E-state index contributed by atoms with van der Waals surface area (Å²) in [7, 11) is 0.723. The molecule has 0 aliphatic carbocycles. The van der Waals surface area contributed by atoms with Gasteiger partial charge in [-0.3, -0.25) is 0 Å². The van der Waals surface area contributed by atoms with Gasteiger partial charge in [0.2, 0.25) is 0 Å². The quantitative estimate of drug-likeness (QED) is 0.490. The predicted octanol–water partition coefficient (Wildman–Crippen LogP) is 1.82. The fraction of sp³-hybridized carbons (Fsp3) is 0.550. The standard InChI is InChI=1S/C20H27N7O4S/c1-4-16-22-19(31-25-16)12-30-11-18-23-20(14-7-8-17(21-10-14)26(2)3)24-27(18)15-6-5-9-32(28,29)13-15/h7-8,10,15H,4-6,9,11-13H2,1-3H3. The van der Waals surface area contributed by atoms with Gasteiger partial charge in [0.05, 0.1) is 17.5 Å². The number of pyridine rings is 1. The monoisotopic (exact) mass is 461 g/mol. The maximum atomic E-state index is 12.2. The van der Waals surface area contributed by atoms with Crippen LogP contribution in [0.25, 0.3) is 11.4 Å². The molecule has 4 rings (SSSR count). The van der Waals surface area contributed by atoms with Crippen LogP contribution in [0.1, 0.15) is 43.3 Å². The van der Waals surface area contributed by atoms with Crippen molar-refractivity contribution in [1.29, 1.82) is 0 Å². The van der Waals surface area contributed by atoms with Crippen molar-refractivity contribution in [3.05, 3.63) is 35.9 Å². The van der Waals surface area contributed by atoms with Gasteiger partial charge in [0, 0.05) is 32.3 Å². The highest BCUT2D eigenvalue weighted by Gasteiger charge is 2.29. The molecule has 1 unspecified atom stereocenters. The normalized spacial score (nSPS) is 18.0. The van der Waals surface area contributed by atoms with Gasteiger partial charge in [-0.2, -0.15) is 10.1 Å². The molecule has 1 atom stereocenters. The van der Waals surface area contributed by atoms with Gasteiger partial charge in [0.25, 0.3) is 5.89 Å². The number of rotatable bonds is 8. The molecule has 3 aromatic rings. The molecular formula is C20H27N7O4S. The van der Waals surface area contributed by atoms with Crippen molar-refractivity contribution in [2.24, 2.45) is 0 Å². The summed E-state index contributed by atoms with van der Waals surface area (Å²) < 4.78 is 37.0. The topological polar surface area (TPSA) is 129 Å². The van der Waals surface area contributed by atoms with Crippen molar-refractivity contribution in [3.8, 4) is 11.4 Å². The lowest BCUT2D eigenvalue weighted by atomic mass is 10.2.